The van der Waals surface area contributed by atoms with Crippen LogP contribution in [-0.4, -0.2) is 0 Å². The van der Waals surface area contributed by atoms with Gasteiger partial charge >= 0.3 is 37.7 Å². The third kappa shape index (κ3) is 128. The number of rotatable bonds is 1. The summed E-state index contributed by atoms with van der Waals surface area (Å²) in [4.78, 5) is 0. The molecule has 52 valence electrons. The van der Waals surface area contributed by atoms with Crippen LogP contribution in [0.4, 0.5) is 0 Å². The van der Waals surface area contributed by atoms with E-state index in [1.54, 1.807) is 0 Å². The molecule has 0 heterocycles. The molecule has 0 N–H and O–H groups in total. The standard InChI is InChI=1S/2C4H9.2Li/c1-4(2)3;1-3-4-2;;/h1-3H3;1,3-4H2,2H3;;/q2*-1;2*+1. The zero-order valence-electron chi connectivity index (χ0n) is 8.62. The topological polar surface area (TPSA) is 0 Å². The van der Waals surface area contributed by atoms with Gasteiger partial charge in [-0.15, -0.1) is 0 Å². The minimum atomic E-state index is 0. The molecule has 10 heavy (non-hydrogen) atoms. The van der Waals surface area contributed by atoms with Gasteiger partial charge in [-0.3, -0.25) is 0 Å². The van der Waals surface area contributed by atoms with Gasteiger partial charge in [0.15, 0.2) is 0 Å². The summed E-state index contributed by atoms with van der Waals surface area (Å²) in [6.45, 7) is 12.0. The van der Waals surface area contributed by atoms with Gasteiger partial charge in [0.2, 0.25) is 0 Å². The third-order valence-corrected chi connectivity index (χ3v) is 0.354. The largest absolute Gasteiger partial charge is 1.00 e. The van der Waals surface area contributed by atoms with Crippen molar-refractivity contribution in [3.8, 4) is 0 Å². The molecule has 0 nitrogen and oxygen atoms in total. The predicted octanol–water partition coefficient (Wildman–Crippen LogP) is -2.75. The summed E-state index contributed by atoms with van der Waals surface area (Å²) in [5, 5.41) is 0. The molecule has 0 radical (unpaired) electrons. The minimum Gasteiger partial charge on any atom is -0.343 e. The van der Waals surface area contributed by atoms with Crippen LogP contribution in [0.3, 0.4) is 0 Å². The van der Waals surface area contributed by atoms with Crippen LogP contribution in [0, 0.1) is 12.8 Å². The molecule has 0 aromatic rings. The first-order valence-electron chi connectivity index (χ1n) is 3.21. The van der Waals surface area contributed by atoms with Crippen LogP contribution < -0.4 is 37.7 Å². The van der Waals surface area contributed by atoms with E-state index in [2.05, 4.69) is 34.6 Å². The predicted molar refractivity (Wildman–Crippen MR) is 40.5 cm³/mol. The molecule has 0 aliphatic carbocycles. The summed E-state index contributed by atoms with van der Waals surface area (Å²) in [6.07, 6.45) is 2.28. The van der Waals surface area contributed by atoms with E-state index in [1.165, 1.54) is 12.3 Å². The van der Waals surface area contributed by atoms with E-state index in [0.717, 1.165) is 6.42 Å². The minimum absolute atomic E-state index is 0. The van der Waals surface area contributed by atoms with Crippen molar-refractivity contribution >= 4 is 0 Å². The van der Waals surface area contributed by atoms with Gasteiger partial charge in [-0.1, -0.05) is 13.3 Å². The Hall–Kier alpha value is 1.19. The van der Waals surface area contributed by atoms with E-state index < -0.39 is 0 Å². The SMILES string of the molecule is C[C-](C)C.[CH2-]CCC.[Li+].[Li+]. The third-order valence-electron chi connectivity index (χ3n) is 0.354. The van der Waals surface area contributed by atoms with Gasteiger partial charge in [-0.25, -0.2) is 0 Å². The van der Waals surface area contributed by atoms with Gasteiger partial charge in [0, 0.05) is 0 Å². The molecule has 0 aromatic heterocycles. The van der Waals surface area contributed by atoms with Crippen LogP contribution in [0.1, 0.15) is 40.5 Å². The van der Waals surface area contributed by atoms with Crippen molar-refractivity contribution in [2.45, 2.75) is 40.5 Å². The van der Waals surface area contributed by atoms with Crippen LogP contribution in [-0.2, 0) is 0 Å². The van der Waals surface area contributed by atoms with Gasteiger partial charge in [0.25, 0.3) is 0 Å². The average molecular weight is 128 g/mol. The van der Waals surface area contributed by atoms with Crippen molar-refractivity contribution in [2.24, 2.45) is 0 Å². The summed E-state index contributed by atoms with van der Waals surface area (Å²) < 4.78 is 0. The normalized spacial score (nSPS) is 6.60. The van der Waals surface area contributed by atoms with Crippen LogP contribution >= 0.6 is 0 Å². The first-order chi connectivity index (χ1) is 3.65. The molecule has 0 atom stereocenters. The Labute approximate surface area is 90.9 Å². The van der Waals surface area contributed by atoms with Gasteiger partial charge in [0.1, 0.15) is 0 Å². The molecule has 0 spiro atoms. The Kier molecular flexibility index (Phi) is 50.5. The molecule has 0 aromatic carbocycles. The van der Waals surface area contributed by atoms with E-state index in [0.29, 0.717) is 0 Å². The molecule has 0 fully saturated rings. The Morgan fingerprint density at radius 1 is 1.10 bits per heavy atom. The van der Waals surface area contributed by atoms with Crippen molar-refractivity contribution < 1.29 is 37.7 Å². The van der Waals surface area contributed by atoms with E-state index >= 15 is 0 Å². The molecule has 0 saturated heterocycles. The molecule has 0 unspecified atom stereocenters. The Morgan fingerprint density at radius 3 is 1.20 bits per heavy atom. The molecule has 0 aliphatic rings. The first kappa shape index (κ1) is 22.5. The van der Waals surface area contributed by atoms with Crippen molar-refractivity contribution in [3.63, 3.8) is 0 Å². The number of hydrogen-bond acceptors (Lipinski definition) is 0. The van der Waals surface area contributed by atoms with E-state index in [9.17, 15) is 0 Å². The molecule has 0 bridgehead atoms. The number of unbranched alkanes of at least 4 members (excludes halogenated alkanes) is 1. The fraction of sp³-hybridized carbons (Fsp3) is 0.750. The molecule has 0 aliphatic heterocycles. The van der Waals surface area contributed by atoms with Crippen LogP contribution in [0.5, 0.6) is 0 Å². The maximum Gasteiger partial charge on any atom is 1.00 e. The summed E-state index contributed by atoms with van der Waals surface area (Å²) in [6, 6.07) is 0. The van der Waals surface area contributed by atoms with Crippen LogP contribution in [0.15, 0.2) is 0 Å². The van der Waals surface area contributed by atoms with Crippen LogP contribution in [0.2, 0.25) is 0 Å². The first-order valence-corrected chi connectivity index (χ1v) is 3.21. The number of hydrogen-bond donors (Lipinski definition) is 0. The van der Waals surface area contributed by atoms with Crippen LogP contribution in [0.25, 0.3) is 0 Å². The average Bonchev–Trinajstić information content (AvgIpc) is 1.65. The van der Waals surface area contributed by atoms with Gasteiger partial charge < -0.3 is 12.8 Å². The molecule has 2 heteroatoms. The zero-order valence-corrected chi connectivity index (χ0v) is 8.62. The van der Waals surface area contributed by atoms with Crippen molar-refractivity contribution in [1.82, 2.24) is 0 Å². The van der Waals surface area contributed by atoms with Crippen molar-refractivity contribution in [1.29, 1.82) is 0 Å². The Morgan fingerprint density at radius 2 is 1.20 bits per heavy atom. The quantitative estimate of drug-likeness (QED) is 0.265. The molecular weight excluding hydrogens is 110 g/mol. The maximum atomic E-state index is 3.60. The maximum absolute atomic E-state index is 3.60. The second-order valence-electron chi connectivity index (χ2n) is 2.35. The summed E-state index contributed by atoms with van der Waals surface area (Å²) in [5.41, 5.74) is 0. The zero-order chi connectivity index (χ0) is 6.99. The Balaban J connectivity index is -0.0000000300. The molecular formula is C8H18Li2. The summed E-state index contributed by atoms with van der Waals surface area (Å²) in [7, 11) is 0. The van der Waals surface area contributed by atoms with Gasteiger partial charge in [0.05, 0.1) is 0 Å². The monoisotopic (exact) mass is 128 g/mol. The van der Waals surface area contributed by atoms with Crippen molar-refractivity contribution in [2.75, 3.05) is 0 Å². The van der Waals surface area contributed by atoms with E-state index in [-0.39, 0.29) is 37.7 Å². The van der Waals surface area contributed by atoms with Gasteiger partial charge in [-0.2, -0.15) is 27.2 Å². The van der Waals surface area contributed by atoms with Crippen molar-refractivity contribution in [3.05, 3.63) is 12.8 Å². The molecule has 0 rings (SSSR count). The summed E-state index contributed by atoms with van der Waals surface area (Å²) >= 11 is 0. The molecule has 0 saturated carbocycles. The second kappa shape index (κ2) is 22.5. The Bertz CT molecular complexity index is 23.7. The fourth-order valence-corrected chi connectivity index (χ4v) is 0. The second-order valence-corrected chi connectivity index (χ2v) is 2.35. The summed E-state index contributed by atoms with van der Waals surface area (Å²) in [5.74, 6) is 1.42. The molecule has 0 amide bonds. The van der Waals surface area contributed by atoms with Gasteiger partial charge in [-0.05, 0) is 0 Å². The van der Waals surface area contributed by atoms with E-state index in [1.807, 2.05) is 0 Å². The van der Waals surface area contributed by atoms with E-state index in [4.69, 9.17) is 0 Å². The fourth-order valence-electron chi connectivity index (χ4n) is 0. The smallest absolute Gasteiger partial charge is 0.343 e.